The van der Waals surface area contributed by atoms with E-state index in [-0.39, 0.29) is 0 Å². The van der Waals surface area contributed by atoms with Gasteiger partial charge in [0, 0.05) is 6.54 Å². The van der Waals surface area contributed by atoms with Crippen molar-refractivity contribution >= 4 is 0 Å². The summed E-state index contributed by atoms with van der Waals surface area (Å²) >= 11 is 0. The molecule has 2 nitrogen and oxygen atoms in total. The molecule has 0 spiro atoms. The smallest absolute Gasteiger partial charge is 0.0659 e. The highest BCUT2D eigenvalue weighted by Crippen LogP contribution is 2.31. The molecule has 0 aliphatic heterocycles. The lowest BCUT2D eigenvalue weighted by molar-refractivity contribution is 0.303. The van der Waals surface area contributed by atoms with E-state index in [0.29, 0.717) is 11.8 Å². The second kappa shape index (κ2) is 3.73. The first kappa shape index (κ1) is 8.55. The Bertz CT molecular complexity index is 157. The third-order valence-electron chi connectivity index (χ3n) is 2.42. The van der Waals surface area contributed by atoms with Gasteiger partial charge in [0.15, 0.2) is 0 Å². The summed E-state index contributed by atoms with van der Waals surface area (Å²) in [6.45, 7) is 1.08. The Morgan fingerprint density at radius 1 is 1.45 bits per heavy atom. The number of rotatable bonds is 2. The van der Waals surface area contributed by atoms with Crippen LogP contribution < -0.4 is 0 Å². The minimum Gasteiger partial charge on any atom is -0.309 e. The van der Waals surface area contributed by atoms with Crippen molar-refractivity contribution < 1.29 is 0 Å². The van der Waals surface area contributed by atoms with Crippen LogP contribution in [0, 0.1) is 23.2 Å². The maximum Gasteiger partial charge on any atom is 0.0659 e. The monoisotopic (exact) mass is 152 g/mol. The Hall–Kier alpha value is -0.550. The quantitative estimate of drug-likeness (QED) is 0.599. The van der Waals surface area contributed by atoms with Crippen LogP contribution in [0.5, 0.6) is 0 Å². The van der Waals surface area contributed by atoms with Gasteiger partial charge in [-0.15, -0.1) is 0 Å². The summed E-state index contributed by atoms with van der Waals surface area (Å²) in [6.07, 6.45) is 3.61. The van der Waals surface area contributed by atoms with Gasteiger partial charge >= 0.3 is 0 Å². The van der Waals surface area contributed by atoms with Gasteiger partial charge in [-0.1, -0.05) is 6.42 Å². The van der Waals surface area contributed by atoms with E-state index in [1.165, 1.54) is 12.8 Å². The topological polar surface area (TPSA) is 27.0 Å². The fourth-order valence-electron chi connectivity index (χ4n) is 1.89. The van der Waals surface area contributed by atoms with Crippen molar-refractivity contribution in [1.82, 2.24) is 4.90 Å². The highest BCUT2D eigenvalue weighted by Gasteiger charge is 2.26. The van der Waals surface area contributed by atoms with Crippen molar-refractivity contribution in [3.8, 4) is 6.07 Å². The number of nitrogens with zero attached hydrogens (tertiary/aromatic N) is 2. The molecular weight excluding hydrogens is 136 g/mol. The molecule has 1 aliphatic carbocycles. The van der Waals surface area contributed by atoms with Crippen molar-refractivity contribution in [1.29, 1.82) is 5.26 Å². The van der Waals surface area contributed by atoms with Crippen LogP contribution in [-0.4, -0.2) is 25.5 Å². The fourth-order valence-corrected chi connectivity index (χ4v) is 1.89. The molecule has 0 N–H and O–H groups in total. The summed E-state index contributed by atoms with van der Waals surface area (Å²) in [7, 11) is 4.15. The van der Waals surface area contributed by atoms with Gasteiger partial charge in [-0.3, -0.25) is 0 Å². The molecule has 11 heavy (non-hydrogen) atoms. The zero-order valence-corrected chi connectivity index (χ0v) is 7.38. The van der Waals surface area contributed by atoms with Crippen molar-refractivity contribution in [3.63, 3.8) is 0 Å². The van der Waals surface area contributed by atoms with Gasteiger partial charge in [0.05, 0.1) is 12.0 Å². The molecule has 0 saturated heterocycles. The van der Waals surface area contributed by atoms with Crippen molar-refractivity contribution in [2.45, 2.75) is 19.3 Å². The maximum absolute atomic E-state index is 8.78. The first-order valence-electron chi connectivity index (χ1n) is 4.28. The molecule has 0 radical (unpaired) electrons. The zero-order valence-electron chi connectivity index (χ0n) is 7.38. The average Bonchev–Trinajstić information content (AvgIpc) is 2.34. The van der Waals surface area contributed by atoms with Crippen molar-refractivity contribution in [2.75, 3.05) is 20.6 Å². The maximum atomic E-state index is 8.78. The van der Waals surface area contributed by atoms with E-state index >= 15 is 0 Å². The molecule has 0 amide bonds. The van der Waals surface area contributed by atoms with Crippen LogP contribution in [0.4, 0.5) is 0 Å². The third kappa shape index (κ3) is 2.20. The Kier molecular flexibility index (Phi) is 2.90. The van der Waals surface area contributed by atoms with E-state index in [1.807, 2.05) is 0 Å². The van der Waals surface area contributed by atoms with E-state index in [4.69, 9.17) is 5.26 Å². The van der Waals surface area contributed by atoms with Gasteiger partial charge in [-0.25, -0.2) is 0 Å². The Morgan fingerprint density at radius 2 is 2.18 bits per heavy atom. The van der Waals surface area contributed by atoms with Gasteiger partial charge in [0.1, 0.15) is 0 Å². The standard InChI is InChI=1S/C9H16N2/c1-11(2)7-9-5-3-4-8(9)6-10/h8-9H,3-5,7H2,1-2H3. The summed E-state index contributed by atoms with van der Waals surface area (Å²) in [5, 5.41) is 8.78. The number of nitriles is 1. The van der Waals surface area contributed by atoms with Gasteiger partial charge in [0.25, 0.3) is 0 Å². The summed E-state index contributed by atoms with van der Waals surface area (Å²) in [6, 6.07) is 2.39. The van der Waals surface area contributed by atoms with Gasteiger partial charge in [-0.2, -0.15) is 5.26 Å². The number of hydrogen-bond acceptors (Lipinski definition) is 2. The lowest BCUT2D eigenvalue weighted by Crippen LogP contribution is -2.23. The molecule has 0 aromatic rings. The van der Waals surface area contributed by atoms with Crippen LogP contribution in [0.1, 0.15) is 19.3 Å². The zero-order chi connectivity index (χ0) is 8.27. The average molecular weight is 152 g/mol. The Labute approximate surface area is 68.8 Å². The summed E-state index contributed by atoms with van der Waals surface area (Å²) in [4.78, 5) is 2.18. The predicted molar refractivity (Wildman–Crippen MR) is 45.0 cm³/mol. The minimum atomic E-state index is 0.331. The lowest BCUT2D eigenvalue weighted by atomic mass is 9.97. The lowest BCUT2D eigenvalue weighted by Gasteiger charge is -2.17. The summed E-state index contributed by atoms with van der Waals surface area (Å²) < 4.78 is 0. The predicted octanol–water partition coefficient (Wildman–Crippen LogP) is 1.49. The largest absolute Gasteiger partial charge is 0.309 e. The molecule has 62 valence electrons. The first-order valence-corrected chi connectivity index (χ1v) is 4.28. The highest BCUT2D eigenvalue weighted by atomic mass is 15.1. The molecule has 0 aromatic carbocycles. The van der Waals surface area contributed by atoms with Crippen LogP contribution in [0.2, 0.25) is 0 Å². The molecular formula is C9H16N2. The third-order valence-corrected chi connectivity index (χ3v) is 2.42. The number of hydrogen-bond donors (Lipinski definition) is 0. The second-order valence-electron chi connectivity index (χ2n) is 3.69. The molecule has 2 heteroatoms. The molecule has 1 saturated carbocycles. The SMILES string of the molecule is CN(C)CC1CCCC1C#N. The molecule has 1 rings (SSSR count). The van der Waals surface area contributed by atoms with E-state index in [1.54, 1.807) is 0 Å². The minimum absolute atomic E-state index is 0.331. The molecule has 0 aromatic heterocycles. The van der Waals surface area contributed by atoms with Gasteiger partial charge < -0.3 is 4.90 Å². The summed E-state index contributed by atoms with van der Waals surface area (Å²) in [5.74, 6) is 0.965. The van der Waals surface area contributed by atoms with Crippen molar-refractivity contribution in [2.24, 2.45) is 11.8 Å². The van der Waals surface area contributed by atoms with Crippen molar-refractivity contribution in [3.05, 3.63) is 0 Å². The molecule has 2 atom stereocenters. The van der Waals surface area contributed by atoms with Crippen LogP contribution in [0.15, 0.2) is 0 Å². The normalized spacial score (nSPS) is 30.7. The second-order valence-corrected chi connectivity index (χ2v) is 3.69. The molecule has 0 heterocycles. The Morgan fingerprint density at radius 3 is 2.73 bits per heavy atom. The van der Waals surface area contributed by atoms with E-state index in [2.05, 4.69) is 25.1 Å². The van der Waals surface area contributed by atoms with Crippen LogP contribution in [0.25, 0.3) is 0 Å². The molecule has 0 bridgehead atoms. The van der Waals surface area contributed by atoms with Crippen LogP contribution >= 0.6 is 0 Å². The first-order chi connectivity index (χ1) is 5.24. The highest BCUT2D eigenvalue weighted by molar-refractivity contribution is 4.93. The summed E-state index contributed by atoms with van der Waals surface area (Å²) in [5.41, 5.74) is 0. The van der Waals surface area contributed by atoms with Gasteiger partial charge in [-0.05, 0) is 32.9 Å². The molecule has 2 unspecified atom stereocenters. The molecule has 1 fully saturated rings. The van der Waals surface area contributed by atoms with Crippen LogP contribution in [0.3, 0.4) is 0 Å². The fraction of sp³-hybridized carbons (Fsp3) is 0.889. The Balaban J connectivity index is 2.39. The van der Waals surface area contributed by atoms with Gasteiger partial charge in [0.2, 0.25) is 0 Å². The molecule has 1 aliphatic rings. The van der Waals surface area contributed by atoms with E-state index in [9.17, 15) is 0 Å². The van der Waals surface area contributed by atoms with E-state index in [0.717, 1.165) is 13.0 Å². The van der Waals surface area contributed by atoms with E-state index < -0.39 is 0 Å². The van der Waals surface area contributed by atoms with Crippen LogP contribution in [-0.2, 0) is 0 Å².